The maximum atomic E-state index is 13.7. The van der Waals surface area contributed by atoms with Gasteiger partial charge in [-0.1, -0.05) is 66.2 Å². The Morgan fingerprint density at radius 1 is 0.722 bits per heavy atom. The Hall–Kier alpha value is -3.33. The molecule has 1 aliphatic heterocycles. The Bertz CT molecular complexity index is 1600. The van der Waals surface area contributed by atoms with E-state index in [4.69, 9.17) is 0 Å². The minimum Gasteiger partial charge on any atom is -0.294 e. The van der Waals surface area contributed by atoms with Gasteiger partial charge < -0.3 is 0 Å². The number of carbonyl (C=O) groups is 1. The van der Waals surface area contributed by atoms with Gasteiger partial charge in [0.25, 0.3) is 0 Å². The molecule has 0 N–H and O–H groups in total. The first-order chi connectivity index (χ1) is 17.2. The molecule has 3 aromatic carbocycles. The molecule has 0 saturated heterocycles. The van der Waals surface area contributed by atoms with Crippen LogP contribution in [0.4, 0.5) is 0 Å². The fourth-order valence-corrected chi connectivity index (χ4v) is 7.88. The summed E-state index contributed by atoms with van der Waals surface area (Å²) in [5, 5.41) is 0. The van der Waals surface area contributed by atoms with Gasteiger partial charge in [-0.2, -0.15) is 4.31 Å². The Labute approximate surface area is 211 Å². The Kier molecular flexibility index (Phi) is 6.28. The highest BCUT2D eigenvalue weighted by Gasteiger charge is 2.40. The molecule has 2 aliphatic rings. The van der Waals surface area contributed by atoms with Crippen molar-refractivity contribution < 1.29 is 21.6 Å². The van der Waals surface area contributed by atoms with Crippen LogP contribution in [0, 0.1) is 6.92 Å². The van der Waals surface area contributed by atoms with Crippen molar-refractivity contribution in [3.8, 4) is 0 Å². The second kappa shape index (κ2) is 9.28. The van der Waals surface area contributed by atoms with Crippen LogP contribution in [0.3, 0.4) is 0 Å². The van der Waals surface area contributed by atoms with Crippen molar-refractivity contribution in [3.63, 3.8) is 0 Å². The highest BCUT2D eigenvalue weighted by atomic mass is 32.2. The van der Waals surface area contributed by atoms with Gasteiger partial charge in [0, 0.05) is 25.1 Å². The van der Waals surface area contributed by atoms with Crippen molar-refractivity contribution in [1.82, 2.24) is 4.31 Å². The molecule has 6 nitrogen and oxygen atoms in total. The number of hydrogen-bond donors (Lipinski definition) is 0. The summed E-state index contributed by atoms with van der Waals surface area (Å²) >= 11 is 0. The maximum absolute atomic E-state index is 13.7. The van der Waals surface area contributed by atoms with E-state index in [9.17, 15) is 21.6 Å². The van der Waals surface area contributed by atoms with Crippen LogP contribution in [-0.4, -0.2) is 40.0 Å². The maximum Gasteiger partial charge on any atom is 0.243 e. The molecule has 0 bridgehead atoms. The summed E-state index contributed by atoms with van der Waals surface area (Å²) in [4.78, 5) is 13.6. The predicted octanol–water partition coefficient (Wildman–Crippen LogP) is 4.54. The van der Waals surface area contributed by atoms with Gasteiger partial charge in [0.15, 0.2) is 5.78 Å². The third kappa shape index (κ3) is 4.25. The van der Waals surface area contributed by atoms with E-state index in [1.165, 1.54) is 16.4 Å². The smallest absolute Gasteiger partial charge is 0.243 e. The van der Waals surface area contributed by atoms with E-state index in [1.807, 2.05) is 13.0 Å². The third-order valence-corrected chi connectivity index (χ3v) is 10.5. The number of sulfonamides is 1. The van der Waals surface area contributed by atoms with Crippen LogP contribution in [0.5, 0.6) is 0 Å². The van der Waals surface area contributed by atoms with Crippen molar-refractivity contribution in [1.29, 1.82) is 0 Å². The van der Waals surface area contributed by atoms with Gasteiger partial charge >= 0.3 is 0 Å². The highest BCUT2D eigenvalue weighted by molar-refractivity contribution is 7.95. The first-order valence-electron chi connectivity index (χ1n) is 11.6. The van der Waals surface area contributed by atoms with E-state index in [2.05, 4.69) is 0 Å². The highest BCUT2D eigenvalue weighted by Crippen LogP contribution is 2.43. The molecule has 1 heterocycles. The topological polar surface area (TPSA) is 88.6 Å². The number of ketones is 1. The Morgan fingerprint density at radius 3 is 1.97 bits per heavy atom. The average Bonchev–Trinajstić information content (AvgIpc) is 3.06. The lowest BCUT2D eigenvalue weighted by atomic mass is 10.0. The number of sulfone groups is 1. The number of nitrogens with zero attached hydrogens (tertiary/aromatic N) is 1. The molecule has 0 aromatic heterocycles. The number of carbonyl (C=O) groups excluding carboxylic acids is 1. The standard InChI is InChI=1S/C28H25NO5S2/c1-20-12-14-23(15-13-20)36(33,34)29-17-16-27(35(31,32)22-10-6-3-7-11-22)24-18-26(30)28(25(24)19-29)21-8-4-2-5-9-21/h2-15H,16-19H2,1H3. The van der Waals surface area contributed by atoms with Crippen LogP contribution in [0.2, 0.25) is 0 Å². The number of fused-ring (bicyclic) bond motifs is 1. The van der Waals surface area contributed by atoms with Crippen LogP contribution in [0.25, 0.3) is 5.57 Å². The lowest BCUT2D eigenvalue weighted by Crippen LogP contribution is -2.33. The predicted molar refractivity (Wildman–Crippen MR) is 138 cm³/mol. The molecule has 0 saturated carbocycles. The van der Waals surface area contributed by atoms with Gasteiger partial charge in [-0.25, -0.2) is 16.8 Å². The molecule has 0 amide bonds. The molecule has 184 valence electrons. The van der Waals surface area contributed by atoms with E-state index in [0.717, 1.165) is 5.56 Å². The zero-order valence-corrected chi connectivity index (χ0v) is 21.3. The van der Waals surface area contributed by atoms with Crippen molar-refractivity contribution in [2.24, 2.45) is 0 Å². The van der Waals surface area contributed by atoms with Crippen LogP contribution in [0.1, 0.15) is 24.0 Å². The number of benzene rings is 3. The van der Waals surface area contributed by atoms with Crippen molar-refractivity contribution in [3.05, 3.63) is 112 Å². The van der Waals surface area contributed by atoms with Crippen molar-refractivity contribution in [2.45, 2.75) is 29.6 Å². The summed E-state index contributed by atoms with van der Waals surface area (Å²) in [7, 11) is -7.87. The van der Waals surface area contributed by atoms with E-state index >= 15 is 0 Å². The zero-order valence-electron chi connectivity index (χ0n) is 19.7. The SMILES string of the molecule is Cc1ccc(S(=O)(=O)N2CCC(S(=O)(=O)c3ccccc3)=C3CC(=O)C(c4ccccc4)=C3C2)cc1. The molecule has 0 radical (unpaired) electrons. The van der Waals surface area contributed by atoms with Crippen LogP contribution >= 0.6 is 0 Å². The lowest BCUT2D eigenvalue weighted by molar-refractivity contribution is -0.112. The van der Waals surface area contributed by atoms with E-state index in [0.29, 0.717) is 22.3 Å². The summed E-state index contributed by atoms with van der Waals surface area (Å²) in [5.74, 6) is -0.207. The first-order valence-corrected chi connectivity index (χ1v) is 14.5. The number of hydrogen-bond acceptors (Lipinski definition) is 5. The number of aryl methyl sites for hydroxylation is 1. The molecule has 0 fully saturated rings. The summed E-state index contributed by atoms with van der Waals surface area (Å²) in [6.07, 6.45) is -0.0874. The van der Waals surface area contributed by atoms with Crippen LogP contribution in [0.15, 0.2) is 111 Å². The molecule has 3 aromatic rings. The molecule has 8 heteroatoms. The number of allylic oxidation sites excluding steroid dienone is 1. The van der Waals surface area contributed by atoms with Crippen molar-refractivity contribution in [2.75, 3.05) is 13.1 Å². The minimum atomic E-state index is -3.94. The molecule has 0 spiro atoms. The van der Waals surface area contributed by atoms with Crippen LogP contribution in [-0.2, 0) is 24.7 Å². The first kappa shape index (κ1) is 24.4. The third-order valence-electron chi connectivity index (χ3n) is 6.64. The van der Waals surface area contributed by atoms with Crippen molar-refractivity contribution >= 4 is 31.2 Å². The summed E-state index contributed by atoms with van der Waals surface area (Å²) in [6, 6.07) is 23.7. The molecular weight excluding hydrogens is 494 g/mol. The average molecular weight is 520 g/mol. The van der Waals surface area contributed by atoms with Gasteiger partial charge in [-0.3, -0.25) is 4.79 Å². The fraction of sp³-hybridized carbons (Fsp3) is 0.179. The quantitative estimate of drug-likeness (QED) is 0.494. The monoisotopic (exact) mass is 519 g/mol. The lowest BCUT2D eigenvalue weighted by Gasteiger charge is -2.21. The molecule has 36 heavy (non-hydrogen) atoms. The molecule has 0 unspecified atom stereocenters. The van der Waals surface area contributed by atoms with Gasteiger partial charge in [0.1, 0.15) is 0 Å². The number of rotatable bonds is 5. The number of Topliss-reactive ketones (excluding diaryl/α,β-unsaturated/α-hetero) is 1. The largest absolute Gasteiger partial charge is 0.294 e. The van der Waals surface area contributed by atoms with Gasteiger partial charge in [-0.15, -0.1) is 0 Å². The molecular formula is C28H25NO5S2. The minimum absolute atomic E-state index is 0.0130. The molecule has 5 rings (SSSR count). The summed E-state index contributed by atoms with van der Waals surface area (Å²) < 4.78 is 56.0. The Morgan fingerprint density at radius 2 is 1.33 bits per heavy atom. The second-order valence-electron chi connectivity index (χ2n) is 8.94. The van der Waals surface area contributed by atoms with Gasteiger partial charge in [0.2, 0.25) is 19.9 Å². The second-order valence-corrected chi connectivity index (χ2v) is 12.8. The van der Waals surface area contributed by atoms with Gasteiger partial charge in [-0.05, 0) is 54.3 Å². The molecule has 0 atom stereocenters. The summed E-state index contributed by atoms with van der Waals surface area (Å²) in [6.45, 7) is 1.79. The van der Waals surface area contributed by atoms with E-state index in [-0.39, 0.29) is 46.4 Å². The van der Waals surface area contributed by atoms with Crippen LogP contribution < -0.4 is 0 Å². The molecule has 1 aliphatic carbocycles. The van der Waals surface area contributed by atoms with Gasteiger partial charge in [0.05, 0.1) is 14.7 Å². The van der Waals surface area contributed by atoms with E-state index < -0.39 is 19.9 Å². The Balaban J connectivity index is 1.70. The normalized spacial score (nSPS) is 17.3. The van der Waals surface area contributed by atoms with E-state index in [1.54, 1.807) is 66.7 Å². The fourth-order valence-electron chi connectivity index (χ4n) is 4.79. The zero-order chi connectivity index (χ0) is 25.5. The summed E-state index contributed by atoms with van der Waals surface area (Å²) in [5.41, 5.74) is 2.86.